The average Bonchev–Trinajstić information content (AvgIpc) is 3.18. The Labute approximate surface area is 193 Å². The maximum Gasteiger partial charge on any atom is 0.251 e. The number of benzene rings is 2. The molecule has 1 aliphatic heterocycles. The molecule has 1 saturated heterocycles. The van der Waals surface area contributed by atoms with Crippen molar-refractivity contribution in [2.24, 2.45) is 0 Å². The Morgan fingerprint density at radius 1 is 1.06 bits per heavy atom. The zero-order valence-corrected chi connectivity index (χ0v) is 19.1. The smallest absolute Gasteiger partial charge is 0.251 e. The third-order valence-electron chi connectivity index (χ3n) is 5.37. The molecule has 1 fully saturated rings. The maximum atomic E-state index is 12.1. The van der Waals surface area contributed by atoms with Crippen molar-refractivity contribution in [3.63, 3.8) is 0 Å². The first-order valence-electron chi connectivity index (χ1n) is 10.2. The average molecular weight is 464 g/mol. The van der Waals surface area contributed by atoms with E-state index in [-0.39, 0.29) is 23.8 Å². The monoisotopic (exact) mass is 463 g/mol. The fourth-order valence-corrected chi connectivity index (χ4v) is 4.52. The number of hydrogen-bond acceptors (Lipinski definition) is 6. The van der Waals surface area contributed by atoms with Crippen molar-refractivity contribution in [1.82, 2.24) is 14.6 Å². The first-order valence-corrected chi connectivity index (χ1v) is 10.9. The molecule has 3 aromatic rings. The van der Waals surface area contributed by atoms with Crippen LogP contribution in [0.4, 0.5) is 11.5 Å². The number of nitrogens with two attached hydrogens (primary N) is 1. The van der Waals surface area contributed by atoms with Crippen LogP contribution in [0.3, 0.4) is 0 Å². The van der Waals surface area contributed by atoms with Crippen LogP contribution >= 0.6 is 23.9 Å². The number of fused-ring (bicyclic) bond motifs is 1. The van der Waals surface area contributed by atoms with E-state index >= 15 is 0 Å². The summed E-state index contributed by atoms with van der Waals surface area (Å²) in [6, 6.07) is 15.5. The number of carbonyl (C=O) groups excluding carboxylic acids is 1. The lowest BCUT2D eigenvalue weighted by Gasteiger charge is -2.35. The van der Waals surface area contributed by atoms with Gasteiger partial charge in [-0.15, -0.1) is 12.4 Å². The van der Waals surface area contributed by atoms with Crippen molar-refractivity contribution in [2.75, 3.05) is 49.9 Å². The van der Waals surface area contributed by atoms with Crippen molar-refractivity contribution >= 4 is 51.4 Å². The predicted octanol–water partition coefficient (Wildman–Crippen LogP) is 2.81. The van der Waals surface area contributed by atoms with Crippen molar-refractivity contribution < 1.29 is 10.3 Å². The Balaban J connectivity index is 0.00000171. The standard InChI is InChI=1S/C22H27N5OS.ClH.H2O/c23-18-7-5-6-17(16-18)22(28)24-10-3-4-11-26-12-14-27(15-13-26)21-19-8-1-2-9-20(19)29-25-21;;/h1-2,5-9,16H,3-4,10-15,23H2,(H,24,28);1H;1H2. The van der Waals surface area contributed by atoms with Gasteiger partial charge in [-0.1, -0.05) is 18.2 Å². The molecule has 5 N–H and O–H groups in total. The van der Waals surface area contributed by atoms with E-state index in [1.54, 1.807) is 35.8 Å². The van der Waals surface area contributed by atoms with Gasteiger partial charge in [-0.3, -0.25) is 9.69 Å². The first-order chi connectivity index (χ1) is 14.2. The number of nitrogens with one attached hydrogen (secondary N) is 1. The lowest BCUT2D eigenvalue weighted by molar-refractivity contribution is 0.0952. The summed E-state index contributed by atoms with van der Waals surface area (Å²) in [7, 11) is 0. The van der Waals surface area contributed by atoms with Crippen molar-refractivity contribution in [3.05, 3.63) is 54.1 Å². The van der Waals surface area contributed by atoms with E-state index in [9.17, 15) is 4.79 Å². The third kappa shape index (κ3) is 6.30. The van der Waals surface area contributed by atoms with Gasteiger partial charge in [0.2, 0.25) is 0 Å². The predicted molar refractivity (Wildman–Crippen MR) is 132 cm³/mol. The van der Waals surface area contributed by atoms with Crippen LogP contribution in [-0.2, 0) is 0 Å². The van der Waals surface area contributed by atoms with Crippen LogP contribution in [0.15, 0.2) is 48.5 Å². The Kier molecular flexibility index (Phi) is 9.51. The minimum absolute atomic E-state index is 0. The van der Waals surface area contributed by atoms with Gasteiger partial charge in [-0.25, -0.2) is 0 Å². The molecule has 0 bridgehead atoms. The molecule has 0 atom stereocenters. The van der Waals surface area contributed by atoms with Gasteiger partial charge in [0.25, 0.3) is 5.91 Å². The van der Waals surface area contributed by atoms with Crippen molar-refractivity contribution in [2.45, 2.75) is 12.8 Å². The molecule has 0 unspecified atom stereocenters. The molecule has 1 aliphatic rings. The number of hydrogen-bond donors (Lipinski definition) is 2. The van der Waals surface area contributed by atoms with Gasteiger partial charge < -0.3 is 21.4 Å². The summed E-state index contributed by atoms with van der Waals surface area (Å²) >= 11 is 1.58. The second-order valence-corrected chi connectivity index (χ2v) is 8.22. The Morgan fingerprint density at radius 2 is 1.84 bits per heavy atom. The lowest BCUT2D eigenvalue weighted by atomic mass is 10.2. The topological polar surface area (TPSA) is 106 Å². The molecule has 1 amide bonds. The quantitative estimate of drug-likeness (QED) is 0.414. The van der Waals surface area contributed by atoms with Crippen LogP contribution in [0.1, 0.15) is 23.2 Å². The molecular formula is C22H30ClN5O2S. The van der Waals surface area contributed by atoms with Crippen LogP contribution in [0, 0.1) is 0 Å². The molecule has 31 heavy (non-hydrogen) atoms. The van der Waals surface area contributed by atoms with Gasteiger partial charge in [-0.2, -0.15) is 4.37 Å². The number of amides is 1. The molecule has 168 valence electrons. The fraction of sp³-hybridized carbons (Fsp3) is 0.364. The molecule has 2 heterocycles. The molecule has 0 radical (unpaired) electrons. The van der Waals surface area contributed by atoms with E-state index in [0.29, 0.717) is 17.8 Å². The number of rotatable bonds is 7. The van der Waals surface area contributed by atoms with Crippen LogP contribution in [0.2, 0.25) is 0 Å². The fourth-order valence-electron chi connectivity index (χ4n) is 3.73. The van der Waals surface area contributed by atoms with Gasteiger partial charge >= 0.3 is 0 Å². The van der Waals surface area contributed by atoms with Gasteiger partial charge in [0, 0.05) is 49.4 Å². The molecule has 0 spiro atoms. The van der Waals surface area contributed by atoms with Gasteiger partial charge in [0.1, 0.15) is 5.82 Å². The lowest BCUT2D eigenvalue weighted by Crippen LogP contribution is -2.46. The van der Waals surface area contributed by atoms with E-state index in [0.717, 1.165) is 51.4 Å². The Morgan fingerprint density at radius 3 is 2.61 bits per heavy atom. The summed E-state index contributed by atoms with van der Waals surface area (Å²) in [5, 5.41) is 4.24. The van der Waals surface area contributed by atoms with Crippen LogP contribution in [0.25, 0.3) is 10.1 Å². The summed E-state index contributed by atoms with van der Waals surface area (Å²) in [4.78, 5) is 17.0. The first kappa shape index (κ1) is 24.9. The summed E-state index contributed by atoms with van der Waals surface area (Å²) in [5.74, 6) is 1.08. The number of nitrogens with zero attached hydrogens (tertiary/aromatic N) is 3. The highest BCUT2D eigenvalue weighted by atomic mass is 35.5. The zero-order chi connectivity index (χ0) is 20.1. The number of unbranched alkanes of at least 4 members (excludes halogenated alkanes) is 1. The SMILES string of the molecule is Cl.Nc1cccc(C(=O)NCCCCN2CCN(c3nsc4ccccc34)CC2)c1.O. The number of anilines is 2. The molecule has 2 aromatic carbocycles. The number of piperazine rings is 1. The van der Waals surface area contributed by atoms with E-state index in [1.165, 1.54) is 10.1 Å². The maximum absolute atomic E-state index is 12.1. The third-order valence-corrected chi connectivity index (χ3v) is 6.18. The number of nitrogen functional groups attached to an aromatic ring is 1. The van der Waals surface area contributed by atoms with Gasteiger partial charge in [0.05, 0.1) is 4.70 Å². The number of aromatic nitrogens is 1. The van der Waals surface area contributed by atoms with Crippen molar-refractivity contribution in [3.8, 4) is 0 Å². The van der Waals surface area contributed by atoms with E-state index < -0.39 is 0 Å². The molecule has 0 aliphatic carbocycles. The van der Waals surface area contributed by atoms with Crippen LogP contribution < -0.4 is 16.0 Å². The van der Waals surface area contributed by atoms with Crippen LogP contribution in [-0.4, -0.2) is 59.9 Å². The minimum Gasteiger partial charge on any atom is -0.412 e. The molecular weight excluding hydrogens is 434 g/mol. The second-order valence-electron chi connectivity index (χ2n) is 7.42. The van der Waals surface area contributed by atoms with Crippen molar-refractivity contribution in [1.29, 1.82) is 0 Å². The molecule has 9 heteroatoms. The van der Waals surface area contributed by atoms with E-state index in [1.807, 2.05) is 0 Å². The number of halogens is 1. The highest BCUT2D eigenvalue weighted by Crippen LogP contribution is 2.29. The van der Waals surface area contributed by atoms with E-state index in [2.05, 4.69) is 43.8 Å². The van der Waals surface area contributed by atoms with Gasteiger partial charge in [0.15, 0.2) is 0 Å². The van der Waals surface area contributed by atoms with Crippen LogP contribution in [0.5, 0.6) is 0 Å². The molecule has 0 saturated carbocycles. The summed E-state index contributed by atoms with van der Waals surface area (Å²) in [6.07, 6.45) is 2.06. The summed E-state index contributed by atoms with van der Waals surface area (Å²) in [6.45, 7) is 5.90. The zero-order valence-electron chi connectivity index (χ0n) is 17.4. The summed E-state index contributed by atoms with van der Waals surface area (Å²) in [5.41, 5.74) is 6.97. The molecule has 1 aromatic heterocycles. The normalized spacial score (nSPS) is 14.0. The highest BCUT2D eigenvalue weighted by molar-refractivity contribution is 7.13. The minimum atomic E-state index is -0.0543. The van der Waals surface area contributed by atoms with Gasteiger partial charge in [-0.05, 0) is 61.3 Å². The highest BCUT2D eigenvalue weighted by Gasteiger charge is 2.20. The molecule has 7 nitrogen and oxygen atoms in total. The Hall–Kier alpha value is -2.39. The molecule has 4 rings (SSSR count). The summed E-state index contributed by atoms with van der Waals surface area (Å²) < 4.78 is 5.93. The van der Waals surface area contributed by atoms with E-state index in [4.69, 9.17) is 5.73 Å². The number of carbonyl (C=O) groups is 1. The largest absolute Gasteiger partial charge is 0.412 e. The Bertz CT molecular complexity index is 975. The second kappa shape index (κ2) is 11.9.